The summed E-state index contributed by atoms with van der Waals surface area (Å²) >= 11 is 0. The van der Waals surface area contributed by atoms with Crippen LogP contribution in [0.15, 0.2) is 23.1 Å². The van der Waals surface area contributed by atoms with Crippen molar-refractivity contribution >= 4 is 21.7 Å². The summed E-state index contributed by atoms with van der Waals surface area (Å²) < 4.78 is 31.5. The minimum atomic E-state index is -3.97. The highest BCUT2D eigenvalue weighted by atomic mass is 32.2. The zero-order valence-corrected chi connectivity index (χ0v) is 14.0. The van der Waals surface area contributed by atoms with Gasteiger partial charge in [0, 0.05) is 25.2 Å². The average molecular weight is 358 g/mol. The summed E-state index contributed by atoms with van der Waals surface area (Å²) in [6.07, 6.45) is 0.408. The van der Waals surface area contributed by atoms with Crippen molar-refractivity contribution in [2.75, 3.05) is 20.2 Å². The van der Waals surface area contributed by atoms with Gasteiger partial charge in [-0.05, 0) is 18.4 Å². The number of carboxylic acid groups (broad SMARTS) is 1. The summed E-state index contributed by atoms with van der Waals surface area (Å²) in [5.74, 6) is -2.08. The molecule has 132 valence electrons. The average Bonchev–Trinajstić information content (AvgIpc) is 2.53. The molecule has 1 aromatic carbocycles. The topological polar surface area (TPSA) is 127 Å². The van der Waals surface area contributed by atoms with Gasteiger partial charge in [-0.15, -0.1) is 0 Å². The number of ether oxygens (including phenoxy) is 1. The number of nitro benzene ring substituents is 1. The number of carboxylic acids is 1. The Morgan fingerprint density at radius 2 is 2.08 bits per heavy atom. The normalized spacial score (nSPS) is 22.1. The molecule has 0 radical (unpaired) electrons. The van der Waals surface area contributed by atoms with E-state index in [1.807, 2.05) is 0 Å². The van der Waals surface area contributed by atoms with Crippen molar-refractivity contribution in [2.45, 2.75) is 18.2 Å². The van der Waals surface area contributed by atoms with E-state index in [4.69, 9.17) is 4.74 Å². The first-order chi connectivity index (χ1) is 11.2. The van der Waals surface area contributed by atoms with Crippen LogP contribution in [-0.4, -0.2) is 48.9 Å². The first kappa shape index (κ1) is 18.1. The highest BCUT2D eigenvalue weighted by molar-refractivity contribution is 7.89. The van der Waals surface area contributed by atoms with Gasteiger partial charge in [-0.25, -0.2) is 8.42 Å². The molecule has 2 unspecified atom stereocenters. The number of piperidine rings is 1. The molecule has 2 rings (SSSR count). The Balaban J connectivity index is 2.39. The van der Waals surface area contributed by atoms with Crippen molar-refractivity contribution < 1.29 is 28.0 Å². The SMILES string of the molecule is COc1cc(S(=O)(=O)N2CC(C)CC(C(=O)O)C2)ccc1[N+](=O)[O-]. The molecule has 1 aromatic rings. The third kappa shape index (κ3) is 3.49. The first-order valence-corrected chi connectivity index (χ1v) is 8.66. The third-order valence-corrected chi connectivity index (χ3v) is 5.79. The summed E-state index contributed by atoms with van der Waals surface area (Å²) in [7, 11) is -2.76. The van der Waals surface area contributed by atoms with E-state index in [1.165, 1.54) is 7.11 Å². The lowest BCUT2D eigenvalue weighted by Gasteiger charge is -2.33. The summed E-state index contributed by atoms with van der Waals surface area (Å²) in [6, 6.07) is 3.28. The van der Waals surface area contributed by atoms with Crippen LogP contribution >= 0.6 is 0 Å². The minimum Gasteiger partial charge on any atom is -0.490 e. The molecule has 1 heterocycles. The van der Waals surface area contributed by atoms with Crippen molar-refractivity contribution in [3.05, 3.63) is 28.3 Å². The number of benzene rings is 1. The highest BCUT2D eigenvalue weighted by Gasteiger charge is 2.36. The fraction of sp³-hybridized carbons (Fsp3) is 0.500. The lowest BCUT2D eigenvalue weighted by atomic mass is 9.92. The van der Waals surface area contributed by atoms with Gasteiger partial charge in [-0.1, -0.05) is 6.92 Å². The molecule has 9 nitrogen and oxygen atoms in total. The zero-order chi connectivity index (χ0) is 18.1. The van der Waals surface area contributed by atoms with Crippen molar-refractivity contribution in [3.63, 3.8) is 0 Å². The number of hydrogen-bond donors (Lipinski definition) is 1. The number of carbonyl (C=O) groups is 1. The second kappa shape index (κ2) is 6.73. The van der Waals surface area contributed by atoms with Crippen molar-refractivity contribution in [1.29, 1.82) is 0 Å². The molecule has 1 aliphatic heterocycles. The molecule has 0 bridgehead atoms. The van der Waals surface area contributed by atoms with E-state index in [2.05, 4.69) is 0 Å². The molecule has 24 heavy (non-hydrogen) atoms. The number of hydrogen-bond acceptors (Lipinski definition) is 6. The molecule has 1 aliphatic rings. The zero-order valence-electron chi connectivity index (χ0n) is 13.2. The summed E-state index contributed by atoms with van der Waals surface area (Å²) in [5, 5.41) is 20.1. The van der Waals surface area contributed by atoms with Crippen LogP contribution in [-0.2, 0) is 14.8 Å². The van der Waals surface area contributed by atoms with Gasteiger partial charge in [-0.3, -0.25) is 14.9 Å². The fourth-order valence-electron chi connectivity index (χ4n) is 2.80. The number of aliphatic carboxylic acids is 1. The van der Waals surface area contributed by atoms with Gasteiger partial charge in [0.15, 0.2) is 5.75 Å². The predicted molar refractivity (Wildman–Crippen MR) is 83.3 cm³/mol. The van der Waals surface area contributed by atoms with Crippen LogP contribution in [0.25, 0.3) is 0 Å². The van der Waals surface area contributed by atoms with Gasteiger partial charge in [0.2, 0.25) is 10.0 Å². The smallest absolute Gasteiger partial charge is 0.310 e. The van der Waals surface area contributed by atoms with Crippen molar-refractivity contribution in [2.24, 2.45) is 11.8 Å². The van der Waals surface area contributed by atoms with Crippen LogP contribution in [0.4, 0.5) is 5.69 Å². The van der Waals surface area contributed by atoms with Crippen LogP contribution in [0.1, 0.15) is 13.3 Å². The van der Waals surface area contributed by atoms with E-state index in [1.54, 1.807) is 6.92 Å². The van der Waals surface area contributed by atoms with Crippen LogP contribution in [0.2, 0.25) is 0 Å². The summed E-state index contributed by atoms with van der Waals surface area (Å²) in [4.78, 5) is 21.3. The highest BCUT2D eigenvalue weighted by Crippen LogP contribution is 2.32. The standard InChI is InChI=1S/C14H18N2O7S/c1-9-5-10(14(17)18)8-15(7-9)24(21,22)11-3-4-12(16(19)20)13(6-11)23-2/h3-4,6,9-10H,5,7-8H2,1-2H3,(H,17,18). The van der Waals surface area contributed by atoms with Crippen molar-refractivity contribution in [3.8, 4) is 5.75 Å². The Kier molecular flexibility index (Phi) is 5.09. The van der Waals surface area contributed by atoms with Crippen LogP contribution in [0, 0.1) is 22.0 Å². The first-order valence-electron chi connectivity index (χ1n) is 7.22. The van der Waals surface area contributed by atoms with Crippen LogP contribution in [0.3, 0.4) is 0 Å². The maximum atomic E-state index is 12.8. The Bertz CT molecular complexity index is 762. The molecule has 1 N–H and O–H groups in total. The van der Waals surface area contributed by atoms with Gasteiger partial charge < -0.3 is 9.84 Å². The number of rotatable bonds is 5. The second-order valence-corrected chi connectivity index (χ2v) is 7.73. The molecule has 0 aromatic heterocycles. The van der Waals surface area contributed by atoms with Crippen molar-refractivity contribution in [1.82, 2.24) is 4.31 Å². The fourth-order valence-corrected chi connectivity index (χ4v) is 4.42. The molecule has 2 atom stereocenters. The van der Waals surface area contributed by atoms with E-state index in [0.29, 0.717) is 6.42 Å². The lowest BCUT2D eigenvalue weighted by molar-refractivity contribution is -0.385. The van der Waals surface area contributed by atoms with E-state index in [9.17, 15) is 28.4 Å². The largest absolute Gasteiger partial charge is 0.490 e. The minimum absolute atomic E-state index is 0.102. The number of nitrogens with zero attached hydrogens (tertiary/aromatic N) is 2. The van der Waals surface area contributed by atoms with E-state index in [-0.39, 0.29) is 35.3 Å². The Morgan fingerprint density at radius 1 is 1.42 bits per heavy atom. The number of sulfonamides is 1. The maximum absolute atomic E-state index is 12.8. The quantitative estimate of drug-likeness (QED) is 0.621. The van der Waals surface area contributed by atoms with E-state index in [0.717, 1.165) is 22.5 Å². The van der Waals surface area contributed by atoms with Gasteiger partial charge in [0.25, 0.3) is 0 Å². The molecule has 0 spiro atoms. The summed E-state index contributed by atoms with van der Waals surface area (Å²) in [6.45, 7) is 1.86. The van der Waals surface area contributed by atoms with Gasteiger partial charge >= 0.3 is 11.7 Å². The predicted octanol–water partition coefficient (Wildman–Crippen LogP) is 1.33. The molecular formula is C14H18N2O7S. The van der Waals surface area contributed by atoms with Crippen LogP contribution < -0.4 is 4.74 Å². The molecular weight excluding hydrogens is 340 g/mol. The Labute approximate surface area is 139 Å². The number of methoxy groups -OCH3 is 1. The van der Waals surface area contributed by atoms with Gasteiger partial charge in [0.05, 0.1) is 22.8 Å². The molecule has 1 saturated heterocycles. The van der Waals surface area contributed by atoms with Gasteiger partial charge in [-0.2, -0.15) is 4.31 Å². The van der Waals surface area contributed by atoms with E-state index < -0.39 is 26.8 Å². The van der Waals surface area contributed by atoms with Gasteiger partial charge in [0.1, 0.15) is 0 Å². The molecule has 1 fully saturated rings. The van der Waals surface area contributed by atoms with E-state index >= 15 is 0 Å². The summed E-state index contributed by atoms with van der Waals surface area (Å²) in [5.41, 5.74) is -0.341. The number of nitro groups is 1. The Morgan fingerprint density at radius 3 is 2.62 bits per heavy atom. The third-order valence-electron chi connectivity index (χ3n) is 3.96. The lowest BCUT2D eigenvalue weighted by Crippen LogP contribution is -2.45. The molecule has 0 aliphatic carbocycles. The molecule has 10 heteroatoms. The monoisotopic (exact) mass is 358 g/mol. The molecule has 0 amide bonds. The Hall–Kier alpha value is -2.20. The second-order valence-electron chi connectivity index (χ2n) is 5.79. The maximum Gasteiger partial charge on any atom is 0.310 e. The van der Waals surface area contributed by atoms with Crippen LogP contribution in [0.5, 0.6) is 5.75 Å². The molecule has 0 saturated carbocycles.